The maximum absolute atomic E-state index is 13.4. The van der Waals surface area contributed by atoms with E-state index in [9.17, 15) is 14.4 Å². The molecule has 0 unspecified atom stereocenters. The Labute approximate surface area is 217 Å². The number of benzene rings is 2. The van der Waals surface area contributed by atoms with E-state index < -0.39 is 11.8 Å². The largest absolute Gasteiger partial charge is 0.493 e. The standard InChI is InChI=1S/C27H23N5O6/c1-36-21-14-18-19(15-22(21)37-2)28-27(31-11-9-30(10-12-31)26(35)20-8-5-13-38-20)29-23(18)32-24(33)16-6-3-4-7-17(16)25(32)34/h3-8,13-15H,9-12H2,1-2H3. The zero-order valence-electron chi connectivity index (χ0n) is 20.7. The molecule has 4 aromatic rings. The van der Waals surface area contributed by atoms with Crippen molar-refractivity contribution in [2.45, 2.75) is 0 Å². The van der Waals surface area contributed by atoms with Crippen LogP contribution in [0.3, 0.4) is 0 Å². The van der Waals surface area contributed by atoms with Gasteiger partial charge in [0.05, 0.1) is 37.1 Å². The van der Waals surface area contributed by atoms with Gasteiger partial charge in [-0.3, -0.25) is 14.4 Å². The second kappa shape index (κ2) is 9.18. The average molecular weight is 514 g/mol. The number of furan rings is 1. The van der Waals surface area contributed by atoms with Crippen molar-refractivity contribution >= 4 is 40.4 Å². The highest BCUT2D eigenvalue weighted by Gasteiger charge is 2.39. The van der Waals surface area contributed by atoms with Crippen LogP contribution in [-0.2, 0) is 0 Å². The zero-order valence-corrected chi connectivity index (χ0v) is 20.7. The normalized spacial score (nSPS) is 15.3. The average Bonchev–Trinajstić information content (AvgIpc) is 3.58. The number of hydrogen-bond donors (Lipinski definition) is 0. The molecular formula is C27H23N5O6. The van der Waals surface area contributed by atoms with Crippen LogP contribution in [-0.4, -0.2) is 73.0 Å². The molecule has 0 radical (unpaired) electrons. The van der Waals surface area contributed by atoms with Gasteiger partial charge in [0, 0.05) is 37.6 Å². The van der Waals surface area contributed by atoms with Crippen molar-refractivity contribution in [1.29, 1.82) is 0 Å². The van der Waals surface area contributed by atoms with Crippen LogP contribution in [0.15, 0.2) is 59.2 Å². The van der Waals surface area contributed by atoms with E-state index in [-0.39, 0.29) is 17.5 Å². The summed E-state index contributed by atoms with van der Waals surface area (Å²) in [6.07, 6.45) is 1.47. The van der Waals surface area contributed by atoms with Crippen LogP contribution >= 0.6 is 0 Å². The number of carbonyl (C=O) groups is 3. The maximum Gasteiger partial charge on any atom is 0.289 e. The van der Waals surface area contributed by atoms with Crippen molar-refractivity contribution in [2.75, 3.05) is 50.2 Å². The summed E-state index contributed by atoms with van der Waals surface area (Å²) < 4.78 is 16.2. The molecule has 2 aromatic heterocycles. The lowest BCUT2D eigenvalue weighted by atomic mass is 10.1. The van der Waals surface area contributed by atoms with Crippen molar-refractivity contribution in [3.05, 3.63) is 71.7 Å². The molecule has 11 heteroatoms. The molecule has 3 amide bonds. The lowest BCUT2D eigenvalue weighted by Gasteiger charge is -2.34. The molecule has 192 valence electrons. The summed E-state index contributed by atoms with van der Waals surface area (Å²) in [6.45, 7) is 1.75. The van der Waals surface area contributed by atoms with Crippen LogP contribution < -0.4 is 19.3 Å². The van der Waals surface area contributed by atoms with Crippen molar-refractivity contribution in [3.8, 4) is 11.5 Å². The summed E-state index contributed by atoms with van der Waals surface area (Å²) in [5, 5.41) is 0.465. The van der Waals surface area contributed by atoms with Crippen LogP contribution in [0.2, 0.25) is 0 Å². The summed E-state index contributed by atoms with van der Waals surface area (Å²) in [5.41, 5.74) is 1.11. The number of aromatic nitrogens is 2. The minimum absolute atomic E-state index is 0.159. The van der Waals surface area contributed by atoms with Crippen molar-refractivity contribution < 1.29 is 28.3 Å². The predicted octanol–water partition coefficient (Wildman–Crippen LogP) is 3.00. The number of carbonyl (C=O) groups excluding carboxylic acids is 3. The first kappa shape index (κ1) is 23.5. The third-order valence-electron chi connectivity index (χ3n) is 6.76. The Morgan fingerprint density at radius 1 is 0.868 bits per heavy atom. The molecule has 2 aromatic carbocycles. The number of piperazine rings is 1. The number of fused-ring (bicyclic) bond motifs is 2. The van der Waals surface area contributed by atoms with E-state index in [0.29, 0.717) is 65.7 Å². The van der Waals surface area contributed by atoms with E-state index in [2.05, 4.69) is 0 Å². The van der Waals surface area contributed by atoms with Gasteiger partial charge in [-0.05, 0) is 30.3 Å². The molecule has 0 saturated carbocycles. The summed E-state index contributed by atoms with van der Waals surface area (Å²) >= 11 is 0. The van der Waals surface area contributed by atoms with Crippen molar-refractivity contribution in [2.24, 2.45) is 0 Å². The predicted molar refractivity (Wildman–Crippen MR) is 137 cm³/mol. The molecule has 0 aliphatic carbocycles. The van der Waals surface area contributed by atoms with E-state index in [0.717, 1.165) is 4.90 Å². The van der Waals surface area contributed by atoms with Crippen molar-refractivity contribution in [3.63, 3.8) is 0 Å². The number of amides is 3. The third-order valence-corrected chi connectivity index (χ3v) is 6.76. The molecular weight excluding hydrogens is 490 g/mol. The second-order valence-corrected chi connectivity index (χ2v) is 8.82. The molecule has 1 fully saturated rings. The molecule has 4 heterocycles. The molecule has 1 saturated heterocycles. The van der Waals surface area contributed by atoms with Crippen LogP contribution in [0.1, 0.15) is 31.3 Å². The van der Waals surface area contributed by atoms with Gasteiger partial charge in [-0.1, -0.05) is 12.1 Å². The quantitative estimate of drug-likeness (QED) is 0.371. The Bertz CT molecular complexity index is 1540. The zero-order chi connectivity index (χ0) is 26.4. The lowest BCUT2D eigenvalue weighted by Crippen LogP contribution is -2.49. The first-order valence-corrected chi connectivity index (χ1v) is 12.0. The number of nitrogens with zero attached hydrogens (tertiary/aromatic N) is 5. The van der Waals surface area contributed by atoms with E-state index in [1.54, 1.807) is 53.4 Å². The Kier molecular flexibility index (Phi) is 5.67. The number of anilines is 2. The van der Waals surface area contributed by atoms with Crippen molar-refractivity contribution in [1.82, 2.24) is 14.9 Å². The number of ether oxygens (including phenoxy) is 2. The fraction of sp³-hybridized carbons (Fsp3) is 0.222. The van der Waals surface area contributed by atoms with E-state index in [1.165, 1.54) is 20.5 Å². The molecule has 0 bridgehead atoms. The lowest BCUT2D eigenvalue weighted by molar-refractivity contribution is 0.0713. The highest BCUT2D eigenvalue weighted by atomic mass is 16.5. The van der Waals surface area contributed by atoms with Gasteiger partial charge in [-0.15, -0.1) is 0 Å². The first-order chi connectivity index (χ1) is 18.5. The van der Waals surface area contributed by atoms with Crippen LogP contribution in [0.5, 0.6) is 11.5 Å². The monoisotopic (exact) mass is 513 g/mol. The molecule has 2 aliphatic rings. The number of rotatable bonds is 5. The molecule has 6 rings (SSSR count). The van der Waals surface area contributed by atoms with Crippen LogP contribution in [0.4, 0.5) is 11.8 Å². The fourth-order valence-corrected chi connectivity index (χ4v) is 4.79. The van der Waals surface area contributed by atoms with Gasteiger partial charge in [-0.25, -0.2) is 9.88 Å². The van der Waals surface area contributed by atoms with Crippen LogP contribution in [0, 0.1) is 0 Å². The van der Waals surface area contributed by atoms with Gasteiger partial charge in [0.15, 0.2) is 23.1 Å². The van der Waals surface area contributed by atoms with Crippen LogP contribution in [0.25, 0.3) is 10.9 Å². The van der Waals surface area contributed by atoms with Gasteiger partial charge in [0.1, 0.15) is 0 Å². The highest BCUT2D eigenvalue weighted by Crippen LogP contribution is 2.38. The Hall–Kier alpha value is -4.93. The summed E-state index contributed by atoms with van der Waals surface area (Å²) in [4.78, 5) is 53.6. The van der Waals surface area contributed by atoms with E-state index >= 15 is 0 Å². The van der Waals surface area contributed by atoms with Gasteiger partial charge in [-0.2, -0.15) is 4.98 Å². The topological polar surface area (TPSA) is 118 Å². The second-order valence-electron chi connectivity index (χ2n) is 8.82. The molecule has 0 N–H and O–H groups in total. The van der Waals surface area contributed by atoms with E-state index in [4.69, 9.17) is 23.9 Å². The summed E-state index contributed by atoms with van der Waals surface area (Å²) in [5.74, 6) is 0.547. The molecule has 38 heavy (non-hydrogen) atoms. The van der Waals surface area contributed by atoms with Gasteiger partial charge in [0.2, 0.25) is 5.95 Å². The third kappa shape index (κ3) is 3.71. The Morgan fingerprint density at radius 2 is 1.53 bits per heavy atom. The van der Waals surface area contributed by atoms with E-state index in [1.807, 2.05) is 4.90 Å². The summed E-state index contributed by atoms with van der Waals surface area (Å²) in [7, 11) is 3.02. The molecule has 0 atom stereocenters. The molecule has 2 aliphatic heterocycles. The highest BCUT2D eigenvalue weighted by molar-refractivity contribution is 6.35. The van der Waals surface area contributed by atoms with Gasteiger partial charge in [0.25, 0.3) is 17.7 Å². The number of hydrogen-bond acceptors (Lipinski definition) is 9. The summed E-state index contributed by atoms with van der Waals surface area (Å²) in [6, 6.07) is 13.3. The van der Waals surface area contributed by atoms with Gasteiger partial charge < -0.3 is 23.7 Å². The molecule has 11 nitrogen and oxygen atoms in total. The van der Waals surface area contributed by atoms with Gasteiger partial charge >= 0.3 is 0 Å². The fourth-order valence-electron chi connectivity index (χ4n) is 4.79. The maximum atomic E-state index is 13.4. The minimum atomic E-state index is -0.458. The number of imide groups is 1. The molecule has 0 spiro atoms. The first-order valence-electron chi connectivity index (χ1n) is 12.0. The Morgan fingerprint density at radius 3 is 2.13 bits per heavy atom. The smallest absolute Gasteiger partial charge is 0.289 e. The number of methoxy groups -OCH3 is 2. The SMILES string of the molecule is COc1cc2nc(N3CCN(C(=O)c4ccco4)CC3)nc(N3C(=O)c4ccccc4C3=O)c2cc1OC. The minimum Gasteiger partial charge on any atom is -0.493 e. The Balaban J connectivity index is 1.40.